The van der Waals surface area contributed by atoms with Crippen LogP contribution in [0.25, 0.3) is 0 Å². The summed E-state index contributed by atoms with van der Waals surface area (Å²) in [5, 5.41) is 13.1. The average molecular weight is 256 g/mol. The van der Waals surface area contributed by atoms with Crippen LogP contribution in [0.5, 0.6) is 0 Å². The number of hydrogen-bond donors (Lipinski definition) is 1. The van der Waals surface area contributed by atoms with Gasteiger partial charge in [-0.3, -0.25) is 0 Å². The number of hydrogen-bond acceptors (Lipinski definition) is 4. The molecule has 0 spiro atoms. The van der Waals surface area contributed by atoms with Crippen molar-refractivity contribution in [2.45, 2.75) is 32.1 Å². The van der Waals surface area contributed by atoms with Gasteiger partial charge < -0.3 is 5.32 Å². The summed E-state index contributed by atoms with van der Waals surface area (Å²) in [5.74, 6) is 0.873. The molecule has 5 heteroatoms. The molecule has 0 amide bonds. The molecule has 1 saturated carbocycles. The van der Waals surface area contributed by atoms with E-state index in [-0.39, 0.29) is 0 Å². The van der Waals surface area contributed by atoms with Crippen LogP contribution in [0.15, 0.2) is 0 Å². The second-order valence-corrected chi connectivity index (χ2v) is 5.47. The number of nitrogens with one attached hydrogen (secondary N) is 1. The highest BCUT2D eigenvalue weighted by Gasteiger charge is 2.14. The topological polar surface area (TPSA) is 48.7 Å². The lowest BCUT2D eigenvalue weighted by Gasteiger charge is -2.08. The zero-order chi connectivity index (χ0) is 11.4. The SMILES string of the molecule is N#Cc1sc(NCCC2CCCC2)nc1Cl. The summed E-state index contributed by atoms with van der Waals surface area (Å²) in [6.45, 7) is 0.930. The van der Waals surface area contributed by atoms with E-state index in [0.29, 0.717) is 10.0 Å². The maximum atomic E-state index is 8.74. The molecule has 0 saturated heterocycles. The van der Waals surface area contributed by atoms with Crippen molar-refractivity contribution in [3.63, 3.8) is 0 Å². The van der Waals surface area contributed by atoms with Gasteiger partial charge >= 0.3 is 0 Å². The molecule has 0 aromatic carbocycles. The second kappa shape index (κ2) is 5.51. The number of aromatic nitrogens is 1. The first-order valence-corrected chi connectivity index (χ1v) is 6.79. The van der Waals surface area contributed by atoms with Crippen molar-refractivity contribution in [1.29, 1.82) is 5.26 Å². The largest absolute Gasteiger partial charge is 0.361 e. The molecular weight excluding hydrogens is 242 g/mol. The molecule has 1 aliphatic carbocycles. The molecule has 1 fully saturated rings. The first-order chi connectivity index (χ1) is 7.79. The molecule has 1 heterocycles. The normalized spacial score (nSPS) is 16.2. The molecule has 86 valence electrons. The van der Waals surface area contributed by atoms with Crippen molar-refractivity contribution in [1.82, 2.24) is 4.98 Å². The fraction of sp³-hybridized carbons (Fsp3) is 0.636. The molecule has 0 unspecified atom stereocenters. The predicted molar refractivity (Wildman–Crippen MR) is 66.9 cm³/mol. The van der Waals surface area contributed by atoms with Gasteiger partial charge in [-0.05, 0) is 12.3 Å². The van der Waals surface area contributed by atoms with Crippen molar-refractivity contribution in [3.8, 4) is 6.07 Å². The summed E-state index contributed by atoms with van der Waals surface area (Å²) < 4.78 is 0. The molecule has 0 atom stereocenters. The van der Waals surface area contributed by atoms with Crippen LogP contribution in [-0.4, -0.2) is 11.5 Å². The lowest BCUT2D eigenvalue weighted by Crippen LogP contribution is -2.06. The predicted octanol–water partition coefficient (Wildman–Crippen LogP) is 3.66. The van der Waals surface area contributed by atoms with E-state index >= 15 is 0 Å². The highest BCUT2D eigenvalue weighted by molar-refractivity contribution is 7.16. The Labute approximate surface area is 104 Å². The van der Waals surface area contributed by atoms with Crippen molar-refractivity contribution in [2.75, 3.05) is 11.9 Å². The van der Waals surface area contributed by atoms with E-state index in [0.717, 1.165) is 17.6 Å². The van der Waals surface area contributed by atoms with Gasteiger partial charge in [-0.1, -0.05) is 48.6 Å². The van der Waals surface area contributed by atoms with Crippen LogP contribution >= 0.6 is 22.9 Å². The number of nitriles is 1. The van der Waals surface area contributed by atoms with Gasteiger partial charge in [0.15, 0.2) is 10.3 Å². The molecule has 16 heavy (non-hydrogen) atoms. The molecule has 1 aromatic heterocycles. The van der Waals surface area contributed by atoms with Crippen molar-refractivity contribution in [2.24, 2.45) is 5.92 Å². The van der Waals surface area contributed by atoms with Gasteiger partial charge in [-0.2, -0.15) is 5.26 Å². The van der Waals surface area contributed by atoms with Gasteiger partial charge in [-0.25, -0.2) is 4.98 Å². The standard InChI is InChI=1S/C11H14ClN3S/c12-10-9(7-13)16-11(15-10)14-6-5-8-3-1-2-4-8/h8H,1-6H2,(H,14,15). The number of nitrogens with zero attached hydrogens (tertiary/aromatic N) is 2. The zero-order valence-electron chi connectivity index (χ0n) is 9.00. The van der Waals surface area contributed by atoms with Crippen LogP contribution in [0, 0.1) is 17.2 Å². The van der Waals surface area contributed by atoms with E-state index in [1.165, 1.54) is 43.4 Å². The highest BCUT2D eigenvalue weighted by atomic mass is 35.5. The Morgan fingerprint density at radius 2 is 2.25 bits per heavy atom. The monoisotopic (exact) mass is 255 g/mol. The van der Waals surface area contributed by atoms with Crippen LogP contribution in [0.3, 0.4) is 0 Å². The Kier molecular flexibility index (Phi) is 4.03. The molecule has 1 aliphatic rings. The molecule has 0 aliphatic heterocycles. The molecule has 0 radical (unpaired) electrons. The third-order valence-corrected chi connectivity index (χ3v) is 4.29. The molecule has 1 aromatic rings. The quantitative estimate of drug-likeness (QED) is 0.893. The first kappa shape index (κ1) is 11.7. The smallest absolute Gasteiger partial charge is 0.185 e. The van der Waals surface area contributed by atoms with E-state index < -0.39 is 0 Å². The van der Waals surface area contributed by atoms with E-state index in [1.807, 2.05) is 6.07 Å². The van der Waals surface area contributed by atoms with Gasteiger partial charge in [0.1, 0.15) is 10.9 Å². The van der Waals surface area contributed by atoms with Gasteiger partial charge in [0.05, 0.1) is 0 Å². The van der Waals surface area contributed by atoms with Crippen molar-refractivity contribution >= 4 is 28.1 Å². The van der Waals surface area contributed by atoms with Crippen molar-refractivity contribution < 1.29 is 0 Å². The van der Waals surface area contributed by atoms with E-state index in [1.54, 1.807) is 0 Å². The van der Waals surface area contributed by atoms with Crippen LogP contribution < -0.4 is 5.32 Å². The number of thiazole rings is 1. The maximum Gasteiger partial charge on any atom is 0.185 e. The molecule has 1 N–H and O–H groups in total. The van der Waals surface area contributed by atoms with Crippen LogP contribution in [0.1, 0.15) is 37.0 Å². The maximum absolute atomic E-state index is 8.74. The van der Waals surface area contributed by atoms with Crippen LogP contribution in [0.4, 0.5) is 5.13 Å². The van der Waals surface area contributed by atoms with Crippen LogP contribution in [0.2, 0.25) is 5.15 Å². The summed E-state index contributed by atoms with van der Waals surface area (Å²) in [7, 11) is 0. The minimum absolute atomic E-state index is 0.316. The third kappa shape index (κ3) is 2.87. The summed E-state index contributed by atoms with van der Waals surface area (Å²) >= 11 is 7.11. The number of anilines is 1. The summed E-state index contributed by atoms with van der Waals surface area (Å²) in [6.07, 6.45) is 6.69. The van der Waals surface area contributed by atoms with Gasteiger partial charge in [0.2, 0.25) is 0 Å². The lowest BCUT2D eigenvalue weighted by atomic mass is 10.0. The summed E-state index contributed by atoms with van der Waals surface area (Å²) in [4.78, 5) is 4.59. The Morgan fingerprint density at radius 3 is 2.88 bits per heavy atom. The molecule has 0 bridgehead atoms. The minimum Gasteiger partial charge on any atom is -0.361 e. The van der Waals surface area contributed by atoms with E-state index in [4.69, 9.17) is 16.9 Å². The average Bonchev–Trinajstić information content (AvgIpc) is 2.88. The summed E-state index contributed by atoms with van der Waals surface area (Å²) in [6, 6.07) is 2.03. The van der Waals surface area contributed by atoms with Crippen LogP contribution in [-0.2, 0) is 0 Å². The fourth-order valence-corrected chi connectivity index (χ4v) is 3.10. The van der Waals surface area contributed by atoms with E-state index in [9.17, 15) is 0 Å². The molecule has 2 rings (SSSR count). The Bertz CT molecular complexity index is 390. The Hall–Kier alpha value is -0.790. The van der Waals surface area contributed by atoms with Gasteiger partial charge in [0, 0.05) is 6.54 Å². The third-order valence-electron chi connectivity index (χ3n) is 2.99. The fourth-order valence-electron chi connectivity index (χ4n) is 2.13. The molecular formula is C11H14ClN3S. The highest BCUT2D eigenvalue weighted by Crippen LogP contribution is 2.29. The zero-order valence-corrected chi connectivity index (χ0v) is 10.6. The Morgan fingerprint density at radius 1 is 1.50 bits per heavy atom. The van der Waals surface area contributed by atoms with E-state index in [2.05, 4.69) is 10.3 Å². The van der Waals surface area contributed by atoms with Gasteiger partial charge in [0.25, 0.3) is 0 Å². The summed E-state index contributed by atoms with van der Waals surface area (Å²) in [5.41, 5.74) is 0. The first-order valence-electron chi connectivity index (χ1n) is 5.60. The molecule has 3 nitrogen and oxygen atoms in total. The van der Waals surface area contributed by atoms with Crippen molar-refractivity contribution in [3.05, 3.63) is 10.0 Å². The number of halogens is 1. The minimum atomic E-state index is 0.316. The second-order valence-electron chi connectivity index (χ2n) is 4.12. The lowest BCUT2D eigenvalue weighted by molar-refractivity contribution is 0.518. The van der Waals surface area contributed by atoms with Gasteiger partial charge in [-0.15, -0.1) is 0 Å². The Balaban J connectivity index is 1.78. The number of rotatable bonds is 4.